The largest absolute Gasteiger partial charge is 0.478 e. The van der Waals surface area contributed by atoms with Gasteiger partial charge in [0.25, 0.3) is 5.91 Å². The predicted octanol–water partition coefficient (Wildman–Crippen LogP) is 2.02. The minimum Gasteiger partial charge on any atom is -0.478 e. The average molecular weight is 271 g/mol. The number of hydrogen-bond acceptors (Lipinski definition) is 4. The van der Waals surface area contributed by atoms with Gasteiger partial charge in [-0.3, -0.25) is 4.79 Å². The molecule has 18 heavy (non-hydrogen) atoms. The molecule has 6 heteroatoms. The number of carboxylic acid groups (broad SMARTS) is 1. The van der Waals surface area contributed by atoms with E-state index < -0.39 is 5.97 Å². The van der Waals surface area contributed by atoms with Crippen LogP contribution >= 0.6 is 11.8 Å². The van der Waals surface area contributed by atoms with Gasteiger partial charge in [-0.05, 0) is 13.2 Å². The monoisotopic (exact) mass is 271 g/mol. The molecular weight excluding hydrogens is 254 g/mol. The Balaban J connectivity index is 2.83. The van der Waals surface area contributed by atoms with Crippen LogP contribution in [-0.2, 0) is 6.42 Å². The molecule has 0 aromatic carbocycles. The van der Waals surface area contributed by atoms with Gasteiger partial charge in [-0.1, -0.05) is 6.92 Å². The van der Waals surface area contributed by atoms with E-state index in [2.05, 4.69) is 5.32 Å². The third kappa shape index (κ3) is 3.53. The van der Waals surface area contributed by atoms with Gasteiger partial charge in [0, 0.05) is 24.3 Å². The van der Waals surface area contributed by atoms with Crippen LogP contribution in [0.4, 0.5) is 0 Å². The summed E-state index contributed by atoms with van der Waals surface area (Å²) in [4.78, 5) is 22.8. The van der Waals surface area contributed by atoms with Gasteiger partial charge in [-0.2, -0.15) is 11.8 Å². The normalized spacial score (nSPS) is 12.2. The Morgan fingerprint density at radius 1 is 1.56 bits per heavy atom. The lowest BCUT2D eigenvalue weighted by molar-refractivity contribution is 0.0694. The highest BCUT2D eigenvalue weighted by Gasteiger charge is 2.20. The van der Waals surface area contributed by atoms with E-state index in [4.69, 9.17) is 9.52 Å². The van der Waals surface area contributed by atoms with Crippen molar-refractivity contribution in [3.05, 3.63) is 23.2 Å². The molecule has 0 bridgehead atoms. The summed E-state index contributed by atoms with van der Waals surface area (Å²) in [5.41, 5.74) is 0.0557. The SMILES string of the molecule is CCc1oc(C(=O)NC(C)CSC)cc1C(=O)O. The van der Waals surface area contributed by atoms with Crippen molar-refractivity contribution in [2.45, 2.75) is 26.3 Å². The summed E-state index contributed by atoms with van der Waals surface area (Å²) in [7, 11) is 0. The highest BCUT2D eigenvalue weighted by Crippen LogP contribution is 2.16. The Kier molecular flexibility index (Phi) is 5.27. The zero-order chi connectivity index (χ0) is 13.7. The Bertz CT molecular complexity index is 441. The van der Waals surface area contributed by atoms with Crippen molar-refractivity contribution in [3.8, 4) is 0 Å². The Labute approximate surface area is 110 Å². The molecule has 0 saturated heterocycles. The lowest BCUT2D eigenvalue weighted by Gasteiger charge is -2.10. The van der Waals surface area contributed by atoms with Crippen molar-refractivity contribution in [2.75, 3.05) is 12.0 Å². The molecule has 0 aliphatic heterocycles. The molecule has 0 spiro atoms. The highest BCUT2D eigenvalue weighted by atomic mass is 32.2. The Hall–Kier alpha value is -1.43. The zero-order valence-corrected chi connectivity index (χ0v) is 11.5. The van der Waals surface area contributed by atoms with Crippen LogP contribution in [0.2, 0.25) is 0 Å². The van der Waals surface area contributed by atoms with Crippen molar-refractivity contribution >= 4 is 23.6 Å². The summed E-state index contributed by atoms with van der Waals surface area (Å²) >= 11 is 1.63. The number of hydrogen-bond donors (Lipinski definition) is 2. The second kappa shape index (κ2) is 6.49. The van der Waals surface area contributed by atoms with E-state index in [-0.39, 0.29) is 23.3 Å². The lowest BCUT2D eigenvalue weighted by atomic mass is 10.2. The van der Waals surface area contributed by atoms with Gasteiger partial charge in [-0.25, -0.2) is 4.79 Å². The first-order valence-electron chi connectivity index (χ1n) is 5.65. The van der Waals surface area contributed by atoms with E-state index in [0.29, 0.717) is 12.2 Å². The van der Waals surface area contributed by atoms with Crippen LogP contribution < -0.4 is 5.32 Å². The molecule has 0 fully saturated rings. The Morgan fingerprint density at radius 2 is 2.22 bits per heavy atom. The van der Waals surface area contributed by atoms with Crippen molar-refractivity contribution in [1.29, 1.82) is 0 Å². The number of carboxylic acids is 1. The minimum atomic E-state index is -1.08. The van der Waals surface area contributed by atoms with E-state index in [1.807, 2.05) is 13.2 Å². The standard InChI is InChI=1S/C12H17NO4S/c1-4-9-8(12(15)16)5-10(17-9)11(14)13-7(2)6-18-3/h5,7H,4,6H2,1-3H3,(H,13,14)(H,15,16). The maximum absolute atomic E-state index is 11.8. The smallest absolute Gasteiger partial charge is 0.339 e. The number of aryl methyl sites for hydroxylation is 1. The summed E-state index contributed by atoms with van der Waals surface area (Å²) in [6, 6.07) is 1.29. The summed E-state index contributed by atoms with van der Waals surface area (Å²) < 4.78 is 5.27. The zero-order valence-electron chi connectivity index (χ0n) is 10.6. The molecule has 5 nitrogen and oxygen atoms in total. The number of nitrogens with one attached hydrogen (secondary N) is 1. The molecule has 1 unspecified atom stereocenters. The van der Waals surface area contributed by atoms with E-state index in [0.717, 1.165) is 5.75 Å². The number of carbonyl (C=O) groups is 2. The maximum Gasteiger partial charge on any atom is 0.339 e. The first-order chi connectivity index (χ1) is 8.49. The molecule has 100 valence electrons. The molecule has 1 aromatic heterocycles. The van der Waals surface area contributed by atoms with Crippen LogP contribution in [0, 0.1) is 0 Å². The van der Waals surface area contributed by atoms with Crippen LogP contribution in [-0.4, -0.2) is 35.0 Å². The molecule has 0 saturated carbocycles. The van der Waals surface area contributed by atoms with Crippen LogP contribution in [0.1, 0.15) is 40.5 Å². The van der Waals surface area contributed by atoms with Crippen molar-refractivity contribution in [3.63, 3.8) is 0 Å². The minimum absolute atomic E-state index is 0.0101. The first kappa shape index (κ1) is 14.6. The summed E-state index contributed by atoms with van der Waals surface area (Å²) in [6.45, 7) is 3.67. The Morgan fingerprint density at radius 3 is 2.67 bits per heavy atom. The fraction of sp³-hybridized carbons (Fsp3) is 0.500. The van der Waals surface area contributed by atoms with Gasteiger partial charge < -0.3 is 14.8 Å². The molecule has 1 aromatic rings. The number of aromatic carboxylic acids is 1. The predicted molar refractivity (Wildman–Crippen MR) is 70.4 cm³/mol. The second-order valence-corrected chi connectivity index (χ2v) is 4.85. The molecule has 1 heterocycles. The first-order valence-corrected chi connectivity index (χ1v) is 7.04. The number of amides is 1. The summed E-state index contributed by atoms with van der Waals surface area (Å²) in [6.07, 6.45) is 2.39. The summed E-state index contributed by atoms with van der Waals surface area (Å²) in [5.74, 6) is -0.285. The van der Waals surface area contributed by atoms with Crippen LogP contribution in [0.3, 0.4) is 0 Å². The van der Waals surface area contributed by atoms with Crippen LogP contribution in [0.5, 0.6) is 0 Å². The third-order valence-corrected chi connectivity index (χ3v) is 3.21. The highest BCUT2D eigenvalue weighted by molar-refractivity contribution is 7.98. The molecule has 1 rings (SSSR count). The van der Waals surface area contributed by atoms with Crippen LogP contribution in [0.25, 0.3) is 0 Å². The molecule has 2 N–H and O–H groups in total. The maximum atomic E-state index is 11.8. The second-order valence-electron chi connectivity index (χ2n) is 3.94. The third-order valence-electron chi connectivity index (χ3n) is 2.38. The van der Waals surface area contributed by atoms with E-state index in [1.54, 1.807) is 18.7 Å². The number of rotatable bonds is 6. The van der Waals surface area contributed by atoms with Gasteiger partial charge in [0.05, 0.1) is 0 Å². The van der Waals surface area contributed by atoms with Gasteiger partial charge in [0.15, 0.2) is 5.76 Å². The fourth-order valence-electron chi connectivity index (χ4n) is 1.57. The van der Waals surface area contributed by atoms with Gasteiger partial charge >= 0.3 is 5.97 Å². The molecule has 0 aliphatic rings. The van der Waals surface area contributed by atoms with Gasteiger partial charge in [0.2, 0.25) is 0 Å². The van der Waals surface area contributed by atoms with Crippen molar-refractivity contribution < 1.29 is 19.1 Å². The molecule has 0 radical (unpaired) electrons. The molecule has 1 atom stereocenters. The van der Waals surface area contributed by atoms with E-state index in [1.165, 1.54) is 6.07 Å². The fourth-order valence-corrected chi connectivity index (χ4v) is 2.15. The van der Waals surface area contributed by atoms with Crippen LogP contribution in [0.15, 0.2) is 10.5 Å². The number of furan rings is 1. The number of thioether (sulfide) groups is 1. The van der Waals surface area contributed by atoms with Gasteiger partial charge in [0.1, 0.15) is 11.3 Å². The topological polar surface area (TPSA) is 79.5 Å². The summed E-state index contributed by atoms with van der Waals surface area (Å²) in [5, 5.41) is 11.7. The van der Waals surface area contributed by atoms with Crippen molar-refractivity contribution in [1.82, 2.24) is 5.32 Å². The van der Waals surface area contributed by atoms with Gasteiger partial charge in [-0.15, -0.1) is 0 Å². The quantitative estimate of drug-likeness (QED) is 0.827. The lowest BCUT2D eigenvalue weighted by Crippen LogP contribution is -2.33. The van der Waals surface area contributed by atoms with E-state index in [9.17, 15) is 9.59 Å². The molecule has 1 amide bonds. The molecule has 0 aliphatic carbocycles. The molecular formula is C12H17NO4S. The average Bonchev–Trinajstić information content (AvgIpc) is 2.73. The number of carbonyl (C=O) groups excluding carboxylic acids is 1. The van der Waals surface area contributed by atoms with Crippen molar-refractivity contribution in [2.24, 2.45) is 0 Å². The van der Waals surface area contributed by atoms with E-state index >= 15 is 0 Å².